The summed E-state index contributed by atoms with van der Waals surface area (Å²) in [6.07, 6.45) is 0.968. The summed E-state index contributed by atoms with van der Waals surface area (Å²) >= 11 is 0. The summed E-state index contributed by atoms with van der Waals surface area (Å²) in [6, 6.07) is 0. The zero-order valence-corrected chi connectivity index (χ0v) is 14.9. The summed E-state index contributed by atoms with van der Waals surface area (Å²) in [5, 5.41) is 18.0. The Balaban J connectivity index is 1.70. The van der Waals surface area contributed by atoms with Gasteiger partial charge in [0.2, 0.25) is 5.95 Å². The molecule has 3 heterocycles. The highest BCUT2D eigenvalue weighted by molar-refractivity contribution is 5.74. The van der Waals surface area contributed by atoms with Crippen LogP contribution in [0.3, 0.4) is 0 Å². The number of nitrogens with zero attached hydrogens (tertiary/aromatic N) is 4. The fourth-order valence-electron chi connectivity index (χ4n) is 2.85. The molecule has 0 radical (unpaired) electrons. The van der Waals surface area contributed by atoms with Crippen LogP contribution in [-0.2, 0) is 10.3 Å². The summed E-state index contributed by atoms with van der Waals surface area (Å²) in [7, 11) is 0. The van der Waals surface area contributed by atoms with Crippen LogP contribution >= 0.6 is 0 Å². The molecular formula is C16H26N6O3. The highest BCUT2D eigenvalue weighted by Gasteiger charge is 2.20. The van der Waals surface area contributed by atoms with Crippen LogP contribution in [0, 0.1) is 0 Å². The molecule has 0 aromatic carbocycles. The molecule has 25 heavy (non-hydrogen) atoms. The van der Waals surface area contributed by atoms with Crippen LogP contribution in [0.4, 0.5) is 5.95 Å². The second kappa shape index (κ2) is 7.11. The third-order valence-corrected chi connectivity index (χ3v) is 4.15. The first kappa shape index (κ1) is 17.8. The summed E-state index contributed by atoms with van der Waals surface area (Å²) < 4.78 is 7.03. The van der Waals surface area contributed by atoms with E-state index < -0.39 is 6.10 Å². The largest absolute Gasteiger partial charge is 0.390 e. The summed E-state index contributed by atoms with van der Waals surface area (Å²) in [6.45, 7) is 9.90. The Labute approximate surface area is 146 Å². The van der Waals surface area contributed by atoms with Crippen molar-refractivity contribution in [1.29, 1.82) is 0 Å². The van der Waals surface area contributed by atoms with Gasteiger partial charge in [0.1, 0.15) is 5.39 Å². The molecule has 0 bridgehead atoms. The Hall–Kier alpha value is -1.97. The van der Waals surface area contributed by atoms with Crippen molar-refractivity contribution in [3.63, 3.8) is 0 Å². The molecule has 9 heteroatoms. The third kappa shape index (κ3) is 4.17. The molecule has 138 valence electrons. The standard InChI is InChI=1S/C16H26N6O3/c1-16(2,3)22-13-12(9-18-22)14(24)20-15(19-13)17-8-11(23)10-21-4-6-25-7-5-21/h9,11,23H,4-8,10H2,1-3H3,(H2,17,19,20,24). The van der Waals surface area contributed by atoms with E-state index in [9.17, 15) is 9.90 Å². The average molecular weight is 350 g/mol. The first-order valence-corrected chi connectivity index (χ1v) is 8.55. The van der Waals surface area contributed by atoms with E-state index >= 15 is 0 Å². The zero-order chi connectivity index (χ0) is 18.0. The fourth-order valence-corrected chi connectivity index (χ4v) is 2.85. The van der Waals surface area contributed by atoms with Gasteiger partial charge in [-0.3, -0.25) is 14.7 Å². The van der Waals surface area contributed by atoms with Crippen LogP contribution in [0.15, 0.2) is 11.0 Å². The maximum Gasteiger partial charge on any atom is 0.263 e. The van der Waals surface area contributed by atoms with Crippen LogP contribution in [-0.4, -0.2) is 75.3 Å². The minimum Gasteiger partial charge on any atom is -0.390 e. The Morgan fingerprint density at radius 3 is 2.80 bits per heavy atom. The minimum atomic E-state index is -0.563. The van der Waals surface area contributed by atoms with Gasteiger partial charge in [-0.1, -0.05) is 0 Å². The summed E-state index contributed by atoms with van der Waals surface area (Å²) in [5.74, 6) is 0.338. The Kier molecular flexibility index (Phi) is 5.07. The lowest BCUT2D eigenvalue weighted by atomic mass is 10.1. The van der Waals surface area contributed by atoms with Crippen molar-refractivity contribution in [2.75, 3.05) is 44.7 Å². The first-order chi connectivity index (χ1) is 11.8. The van der Waals surface area contributed by atoms with Crippen molar-refractivity contribution in [1.82, 2.24) is 24.6 Å². The van der Waals surface area contributed by atoms with Gasteiger partial charge in [0.25, 0.3) is 5.56 Å². The summed E-state index contributed by atoms with van der Waals surface area (Å²) in [5.41, 5.74) is 0.00226. The van der Waals surface area contributed by atoms with Crippen LogP contribution in [0.1, 0.15) is 20.8 Å². The summed E-state index contributed by atoms with van der Waals surface area (Å²) in [4.78, 5) is 21.6. The van der Waals surface area contributed by atoms with Crippen LogP contribution < -0.4 is 10.9 Å². The van der Waals surface area contributed by atoms with Gasteiger partial charge in [0.15, 0.2) is 5.65 Å². The number of β-amino-alcohol motifs (C(OH)–C–C–N with tert-alkyl or cyclic N) is 1. The number of hydrogen-bond acceptors (Lipinski definition) is 7. The van der Waals surface area contributed by atoms with Gasteiger partial charge < -0.3 is 15.2 Å². The van der Waals surface area contributed by atoms with E-state index in [2.05, 4.69) is 25.3 Å². The van der Waals surface area contributed by atoms with Crippen molar-refractivity contribution < 1.29 is 9.84 Å². The molecule has 9 nitrogen and oxygen atoms in total. The number of aromatic nitrogens is 4. The van der Waals surface area contributed by atoms with Gasteiger partial charge >= 0.3 is 0 Å². The molecule has 1 atom stereocenters. The third-order valence-electron chi connectivity index (χ3n) is 4.15. The van der Waals surface area contributed by atoms with Crippen LogP contribution in [0.5, 0.6) is 0 Å². The van der Waals surface area contributed by atoms with Crippen LogP contribution in [0.2, 0.25) is 0 Å². The smallest absolute Gasteiger partial charge is 0.263 e. The quantitative estimate of drug-likeness (QED) is 0.695. The lowest BCUT2D eigenvalue weighted by Gasteiger charge is -2.28. The predicted molar refractivity (Wildman–Crippen MR) is 94.9 cm³/mol. The van der Waals surface area contributed by atoms with E-state index in [0.717, 1.165) is 13.1 Å². The fraction of sp³-hybridized carbons (Fsp3) is 0.688. The highest BCUT2D eigenvalue weighted by Crippen LogP contribution is 2.18. The van der Waals surface area contributed by atoms with E-state index in [4.69, 9.17) is 4.74 Å². The van der Waals surface area contributed by atoms with E-state index in [1.807, 2.05) is 20.8 Å². The van der Waals surface area contributed by atoms with Gasteiger partial charge in [0.05, 0.1) is 31.1 Å². The van der Waals surface area contributed by atoms with E-state index in [-0.39, 0.29) is 11.1 Å². The molecule has 3 rings (SSSR count). The SMILES string of the molecule is CC(C)(C)n1ncc2c(=O)[nH]c(NCC(O)CN3CCOCC3)nc21. The Bertz CT molecular complexity index is 772. The van der Waals surface area contributed by atoms with Gasteiger partial charge in [-0.05, 0) is 20.8 Å². The zero-order valence-electron chi connectivity index (χ0n) is 14.9. The number of rotatable bonds is 5. The van der Waals surface area contributed by atoms with Crippen molar-refractivity contribution in [2.24, 2.45) is 0 Å². The van der Waals surface area contributed by atoms with E-state index in [1.165, 1.54) is 6.20 Å². The van der Waals surface area contributed by atoms with Gasteiger partial charge in [0, 0.05) is 26.2 Å². The van der Waals surface area contributed by atoms with Crippen molar-refractivity contribution >= 4 is 17.0 Å². The normalized spacial score (nSPS) is 17.8. The number of ether oxygens (including phenoxy) is 1. The van der Waals surface area contributed by atoms with Gasteiger partial charge in [-0.15, -0.1) is 0 Å². The van der Waals surface area contributed by atoms with E-state index in [0.29, 0.717) is 43.3 Å². The van der Waals surface area contributed by atoms with Gasteiger partial charge in [-0.2, -0.15) is 10.1 Å². The topological polar surface area (TPSA) is 108 Å². The minimum absolute atomic E-state index is 0.245. The maximum atomic E-state index is 12.2. The molecule has 1 aliphatic heterocycles. The number of anilines is 1. The second-order valence-corrected chi connectivity index (χ2v) is 7.33. The van der Waals surface area contributed by atoms with E-state index in [1.54, 1.807) is 4.68 Å². The Morgan fingerprint density at radius 1 is 1.40 bits per heavy atom. The molecule has 1 saturated heterocycles. The number of H-pyrrole nitrogens is 1. The molecular weight excluding hydrogens is 324 g/mol. The monoisotopic (exact) mass is 350 g/mol. The number of aliphatic hydroxyl groups excluding tert-OH is 1. The van der Waals surface area contributed by atoms with Crippen molar-refractivity contribution in [2.45, 2.75) is 32.4 Å². The molecule has 1 fully saturated rings. The predicted octanol–water partition coefficient (Wildman–Crippen LogP) is -0.0204. The number of hydrogen-bond donors (Lipinski definition) is 3. The number of nitrogens with one attached hydrogen (secondary N) is 2. The molecule has 1 aliphatic rings. The molecule has 3 N–H and O–H groups in total. The molecule has 2 aromatic rings. The molecule has 0 aliphatic carbocycles. The van der Waals surface area contributed by atoms with Gasteiger partial charge in [-0.25, -0.2) is 4.68 Å². The molecule has 0 saturated carbocycles. The lowest BCUT2D eigenvalue weighted by molar-refractivity contribution is 0.0171. The number of aromatic amines is 1. The van der Waals surface area contributed by atoms with Crippen LogP contribution in [0.25, 0.3) is 11.0 Å². The molecule has 1 unspecified atom stereocenters. The van der Waals surface area contributed by atoms with Crippen molar-refractivity contribution in [3.05, 3.63) is 16.6 Å². The first-order valence-electron chi connectivity index (χ1n) is 8.55. The molecule has 0 spiro atoms. The number of fused-ring (bicyclic) bond motifs is 1. The number of aliphatic hydroxyl groups is 1. The molecule has 2 aromatic heterocycles. The average Bonchev–Trinajstić information content (AvgIpc) is 2.99. The molecule has 0 amide bonds. The number of morpholine rings is 1. The second-order valence-electron chi connectivity index (χ2n) is 7.33. The maximum absolute atomic E-state index is 12.2. The Morgan fingerprint density at radius 2 is 2.12 bits per heavy atom. The van der Waals surface area contributed by atoms with Crippen molar-refractivity contribution in [3.8, 4) is 0 Å². The highest BCUT2D eigenvalue weighted by atomic mass is 16.5. The lowest BCUT2D eigenvalue weighted by Crippen LogP contribution is -2.42.